The molecule has 4 rings (SSSR count). The van der Waals surface area contributed by atoms with Gasteiger partial charge in [0, 0.05) is 24.2 Å². The van der Waals surface area contributed by atoms with Crippen molar-refractivity contribution in [3.05, 3.63) is 53.0 Å². The highest BCUT2D eigenvalue weighted by Gasteiger charge is 2.29. The van der Waals surface area contributed by atoms with Crippen LogP contribution in [0.5, 0.6) is 0 Å². The summed E-state index contributed by atoms with van der Waals surface area (Å²) >= 11 is 0. The van der Waals surface area contributed by atoms with E-state index >= 15 is 0 Å². The van der Waals surface area contributed by atoms with Gasteiger partial charge in [-0.3, -0.25) is 9.69 Å². The first-order valence-electron chi connectivity index (χ1n) is 9.17. The third-order valence-corrected chi connectivity index (χ3v) is 5.19. The average Bonchev–Trinajstić information content (AvgIpc) is 3.16. The summed E-state index contributed by atoms with van der Waals surface area (Å²) in [6, 6.07) is 10.5. The third kappa shape index (κ3) is 3.29. The highest BCUT2D eigenvalue weighted by atomic mass is 16.2. The van der Waals surface area contributed by atoms with Crippen LogP contribution in [0, 0.1) is 6.92 Å². The second kappa shape index (κ2) is 6.92. The van der Waals surface area contributed by atoms with Crippen LogP contribution in [0.1, 0.15) is 47.9 Å². The molecular weight excluding hydrogens is 312 g/mol. The fourth-order valence-electron chi connectivity index (χ4n) is 3.78. The van der Waals surface area contributed by atoms with E-state index in [1.54, 1.807) is 0 Å². The van der Waals surface area contributed by atoms with E-state index < -0.39 is 0 Å². The summed E-state index contributed by atoms with van der Waals surface area (Å²) in [6.45, 7) is 3.73. The minimum Gasteiger partial charge on any atom is -0.307 e. The number of aryl methyl sites for hydroxylation is 1. The van der Waals surface area contributed by atoms with Crippen molar-refractivity contribution in [1.82, 2.24) is 15.3 Å². The van der Waals surface area contributed by atoms with Gasteiger partial charge in [-0.2, -0.15) is 0 Å². The zero-order chi connectivity index (χ0) is 17.2. The smallest absolute Gasteiger partial charge is 0.228 e. The number of carbonyl (C=O) groups is 1. The Hall–Kier alpha value is -2.27. The molecule has 0 aliphatic carbocycles. The van der Waals surface area contributed by atoms with Crippen LogP contribution in [0.4, 0.5) is 5.82 Å². The minimum absolute atomic E-state index is 0.173. The van der Waals surface area contributed by atoms with Crippen molar-refractivity contribution < 1.29 is 4.79 Å². The Labute approximate surface area is 148 Å². The van der Waals surface area contributed by atoms with Crippen molar-refractivity contribution in [3.8, 4) is 0 Å². The fraction of sp³-hybridized carbons (Fsp3) is 0.450. The molecule has 0 bridgehead atoms. The molecule has 1 aromatic heterocycles. The van der Waals surface area contributed by atoms with Crippen molar-refractivity contribution in [3.63, 3.8) is 0 Å². The fourth-order valence-corrected chi connectivity index (χ4v) is 3.78. The van der Waals surface area contributed by atoms with Crippen LogP contribution < -0.4 is 10.2 Å². The predicted molar refractivity (Wildman–Crippen MR) is 97.6 cm³/mol. The number of hydrogen-bond acceptors (Lipinski definition) is 4. The average molecular weight is 336 g/mol. The molecule has 130 valence electrons. The van der Waals surface area contributed by atoms with E-state index in [1.165, 1.54) is 5.56 Å². The molecule has 3 heterocycles. The predicted octanol–water partition coefficient (Wildman–Crippen LogP) is 2.73. The lowest BCUT2D eigenvalue weighted by Gasteiger charge is -2.30. The van der Waals surface area contributed by atoms with Crippen LogP contribution in [0.25, 0.3) is 0 Å². The van der Waals surface area contributed by atoms with E-state index in [0.717, 1.165) is 55.1 Å². The summed E-state index contributed by atoms with van der Waals surface area (Å²) in [5.74, 6) is 1.85. The van der Waals surface area contributed by atoms with Gasteiger partial charge in [-0.25, -0.2) is 9.97 Å². The van der Waals surface area contributed by atoms with E-state index in [9.17, 15) is 4.79 Å². The Morgan fingerprint density at radius 3 is 2.80 bits per heavy atom. The van der Waals surface area contributed by atoms with Gasteiger partial charge in [0.1, 0.15) is 11.6 Å². The van der Waals surface area contributed by atoms with Gasteiger partial charge in [-0.05, 0) is 44.7 Å². The summed E-state index contributed by atoms with van der Waals surface area (Å²) in [5.41, 5.74) is 3.39. The van der Waals surface area contributed by atoms with Crippen molar-refractivity contribution >= 4 is 11.7 Å². The van der Waals surface area contributed by atoms with Crippen molar-refractivity contribution in [2.75, 3.05) is 18.0 Å². The first-order valence-corrected chi connectivity index (χ1v) is 9.17. The van der Waals surface area contributed by atoms with Crippen molar-refractivity contribution in [2.24, 2.45) is 0 Å². The topological polar surface area (TPSA) is 58.1 Å². The maximum Gasteiger partial charge on any atom is 0.228 e. The zero-order valence-corrected chi connectivity index (χ0v) is 14.7. The molecule has 1 fully saturated rings. The monoisotopic (exact) mass is 336 g/mol. The van der Waals surface area contributed by atoms with E-state index in [0.29, 0.717) is 13.0 Å². The van der Waals surface area contributed by atoms with Crippen LogP contribution in [0.3, 0.4) is 0 Å². The molecule has 1 atom stereocenters. The lowest BCUT2D eigenvalue weighted by molar-refractivity contribution is -0.118. The second-order valence-corrected chi connectivity index (χ2v) is 6.90. The number of benzene rings is 1. The normalized spacial score (nSPS) is 20.0. The number of nitrogens with zero attached hydrogens (tertiary/aromatic N) is 3. The van der Waals surface area contributed by atoms with Gasteiger partial charge in [-0.15, -0.1) is 0 Å². The number of rotatable bonds is 4. The van der Waals surface area contributed by atoms with Gasteiger partial charge in [0.25, 0.3) is 0 Å². The molecule has 2 aliphatic heterocycles. The quantitative estimate of drug-likeness (QED) is 0.933. The van der Waals surface area contributed by atoms with Gasteiger partial charge in [0.05, 0.1) is 6.04 Å². The molecule has 1 N–H and O–H groups in total. The van der Waals surface area contributed by atoms with Crippen molar-refractivity contribution in [1.29, 1.82) is 0 Å². The van der Waals surface area contributed by atoms with Crippen LogP contribution in [0.2, 0.25) is 0 Å². The number of carbonyl (C=O) groups excluding carboxylic acids is 1. The Kier molecular flexibility index (Phi) is 4.49. The summed E-state index contributed by atoms with van der Waals surface area (Å²) in [4.78, 5) is 24.0. The number of amides is 1. The molecule has 2 aliphatic rings. The molecule has 5 nitrogen and oxygen atoms in total. The molecular formula is C20H24N4O. The molecule has 0 radical (unpaired) electrons. The van der Waals surface area contributed by atoms with E-state index in [4.69, 9.17) is 9.97 Å². The first kappa shape index (κ1) is 16.2. The van der Waals surface area contributed by atoms with Crippen molar-refractivity contribution in [2.45, 2.75) is 45.1 Å². The van der Waals surface area contributed by atoms with E-state index in [-0.39, 0.29) is 11.9 Å². The standard InChI is InChI=1S/C20H24N4O/c1-14-16-9-10-18(25)24(13-11-15-6-3-2-4-7-15)20(16)23-19(22-14)17-8-5-12-21-17/h2-4,6-7,17,21H,5,8-13H2,1H3. The summed E-state index contributed by atoms with van der Waals surface area (Å²) in [6.07, 6.45) is 4.36. The zero-order valence-electron chi connectivity index (χ0n) is 14.7. The highest BCUT2D eigenvalue weighted by Crippen LogP contribution is 2.30. The number of aromatic nitrogens is 2. The Balaban J connectivity index is 1.63. The van der Waals surface area contributed by atoms with Crippen LogP contribution in [-0.4, -0.2) is 29.0 Å². The minimum atomic E-state index is 0.173. The Morgan fingerprint density at radius 1 is 1.20 bits per heavy atom. The summed E-state index contributed by atoms with van der Waals surface area (Å²) in [5, 5.41) is 3.46. The Morgan fingerprint density at radius 2 is 2.04 bits per heavy atom. The van der Waals surface area contributed by atoms with Gasteiger partial charge >= 0.3 is 0 Å². The van der Waals surface area contributed by atoms with Crippen LogP contribution in [0.15, 0.2) is 30.3 Å². The molecule has 2 aromatic rings. The van der Waals surface area contributed by atoms with E-state index in [1.807, 2.05) is 30.0 Å². The van der Waals surface area contributed by atoms with Gasteiger partial charge in [0.15, 0.2) is 0 Å². The summed E-state index contributed by atoms with van der Waals surface area (Å²) in [7, 11) is 0. The maximum absolute atomic E-state index is 12.6. The molecule has 0 saturated carbocycles. The molecule has 25 heavy (non-hydrogen) atoms. The number of fused-ring (bicyclic) bond motifs is 1. The SMILES string of the molecule is Cc1nc(C2CCCN2)nc2c1CCC(=O)N2CCc1ccccc1. The second-order valence-electron chi connectivity index (χ2n) is 6.90. The largest absolute Gasteiger partial charge is 0.307 e. The summed E-state index contributed by atoms with van der Waals surface area (Å²) < 4.78 is 0. The molecule has 1 amide bonds. The lowest BCUT2D eigenvalue weighted by atomic mass is 10.0. The molecule has 0 spiro atoms. The van der Waals surface area contributed by atoms with Gasteiger partial charge < -0.3 is 5.32 Å². The molecule has 5 heteroatoms. The van der Waals surface area contributed by atoms with Crippen LogP contribution >= 0.6 is 0 Å². The lowest BCUT2D eigenvalue weighted by Crippen LogP contribution is -2.38. The third-order valence-electron chi connectivity index (χ3n) is 5.19. The molecule has 1 saturated heterocycles. The molecule has 1 unspecified atom stereocenters. The first-order chi connectivity index (χ1) is 12.2. The number of hydrogen-bond donors (Lipinski definition) is 1. The molecule has 1 aromatic carbocycles. The van der Waals surface area contributed by atoms with Crippen LogP contribution in [-0.2, 0) is 17.6 Å². The number of nitrogens with one attached hydrogen (secondary N) is 1. The van der Waals surface area contributed by atoms with E-state index in [2.05, 4.69) is 17.4 Å². The van der Waals surface area contributed by atoms with Gasteiger partial charge in [0.2, 0.25) is 5.91 Å². The number of anilines is 1. The highest BCUT2D eigenvalue weighted by molar-refractivity contribution is 5.95. The van der Waals surface area contributed by atoms with Gasteiger partial charge in [-0.1, -0.05) is 30.3 Å². The Bertz CT molecular complexity index is 769. The maximum atomic E-state index is 12.6.